The fourth-order valence-electron chi connectivity index (χ4n) is 1.54. The van der Waals surface area contributed by atoms with Crippen molar-refractivity contribution in [2.45, 2.75) is 0 Å². The highest BCUT2D eigenvalue weighted by Crippen LogP contribution is 2.24. The summed E-state index contributed by atoms with van der Waals surface area (Å²) < 4.78 is 5.50. The van der Waals surface area contributed by atoms with Crippen molar-refractivity contribution in [2.75, 3.05) is 10.9 Å². The molecular weight excluding hydrogens is 280 g/mol. The number of benzene rings is 2. The smallest absolute Gasteiger partial charge is 0.162 e. The lowest BCUT2D eigenvalue weighted by atomic mass is 10.3. The minimum absolute atomic E-state index is 0.331. The standard InChI is InChI=1S/C12H10N4O5/c17-15(18)13-9-1-5-11(6-2-9)21-12-7-3-10(4-8-12)14-16(19)20/h1-8,13-14H. The van der Waals surface area contributed by atoms with Crippen LogP contribution in [0.5, 0.6) is 11.5 Å². The summed E-state index contributed by atoms with van der Waals surface area (Å²) in [5, 5.41) is 19.2. The van der Waals surface area contributed by atoms with Gasteiger partial charge < -0.3 is 4.74 Å². The van der Waals surface area contributed by atoms with Crippen molar-refractivity contribution in [3.05, 3.63) is 68.8 Å². The van der Waals surface area contributed by atoms with Crippen molar-refractivity contribution in [1.82, 2.24) is 0 Å². The van der Waals surface area contributed by atoms with Gasteiger partial charge in [-0.15, -0.1) is 10.9 Å². The van der Waals surface area contributed by atoms with E-state index >= 15 is 0 Å². The lowest BCUT2D eigenvalue weighted by Gasteiger charge is -2.06. The van der Waals surface area contributed by atoms with Crippen molar-refractivity contribution in [2.24, 2.45) is 0 Å². The molecular formula is C12H10N4O5. The van der Waals surface area contributed by atoms with Crippen LogP contribution in [-0.2, 0) is 0 Å². The van der Waals surface area contributed by atoms with E-state index in [0.717, 1.165) is 0 Å². The molecule has 2 aromatic rings. The predicted octanol–water partition coefficient (Wildman–Crippen LogP) is 2.69. The number of anilines is 2. The zero-order chi connectivity index (χ0) is 15.2. The van der Waals surface area contributed by atoms with Crippen molar-refractivity contribution < 1.29 is 14.8 Å². The quantitative estimate of drug-likeness (QED) is 0.619. The molecule has 108 valence electrons. The number of nitrogens with one attached hydrogen (secondary N) is 2. The summed E-state index contributed by atoms with van der Waals surface area (Å²) in [6, 6.07) is 12.3. The van der Waals surface area contributed by atoms with Crippen LogP contribution in [0.4, 0.5) is 11.4 Å². The average molecular weight is 290 g/mol. The Labute approximate surface area is 118 Å². The monoisotopic (exact) mass is 290 g/mol. The van der Waals surface area contributed by atoms with E-state index < -0.39 is 10.1 Å². The Bertz CT molecular complexity index is 584. The Morgan fingerprint density at radius 3 is 1.33 bits per heavy atom. The van der Waals surface area contributed by atoms with E-state index in [0.29, 0.717) is 22.9 Å². The molecule has 2 N–H and O–H groups in total. The first-order valence-corrected chi connectivity index (χ1v) is 5.73. The maximum atomic E-state index is 10.3. The summed E-state index contributed by atoms with van der Waals surface area (Å²) in [4.78, 5) is 20.5. The normalized spacial score (nSPS) is 9.71. The number of rotatable bonds is 6. The summed E-state index contributed by atoms with van der Waals surface area (Å²) in [5.74, 6) is 0.970. The van der Waals surface area contributed by atoms with Gasteiger partial charge >= 0.3 is 0 Å². The number of hydrogen-bond acceptors (Lipinski definition) is 5. The van der Waals surface area contributed by atoms with Gasteiger partial charge in [0.25, 0.3) is 0 Å². The van der Waals surface area contributed by atoms with Gasteiger partial charge in [-0.1, -0.05) is 0 Å². The second kappa shape index (κ2) is 6.19. The van der Waals surface area contributed by atoms with Gasteiger partial charge in [0.15, 0.2) is 10.1 Å². The Kier molecular flexibility index (Phi) is 4.14. The van der Waals surface area contributed by atoms with Crippen LogP contribution in [0.1, 0.15) is 0 Å². The Balaban J connectivity index is 2.01. The van der Waals surface area contributed by atoms with E-state index in [2.05, 4.69) is 0 Å². The van der Waals surface area contributed by atoms with E-state index in [1.54, 1.807) is 24.3 Å². The summed E-state index contributed by atoms with van der Waals surface area (Å²) in [5.41, 5.74) is 4.69. The summed E-state index contributed by atoms with van der Waals surface area (Å²) in [6.07, 6.45) is 0. The Hall–Kier alpha value is -3.36. The molecule has 0 amide bonds. The number of ether oxygens (including phenoxy) is 1. The number of nitro groups is 2. The van der Waals surface area contributed by atoms with Crippen LogP contribution in [0.15, 0.2) is 48.5 Å². The second-order valence-electron chi connectivity index (χ2n) is 3.89. The molecule has 0 radical (unpaired) electrons. The molecule has 0 aliphatic rings. The molecule has 0 heterocycles. The Morgan fingerprint density at radius 1 is 0.714 bits per heavy atom. The highest BCUT2D eigenvalue weighted by atomic mass is 16.7. The van der Waals surface area contributed by atoms with Gasteiger partial charge in [-0.2, -0.15) is 0 Å². The molecule has 0 aromatic heterocycles. The first kappa shape index (κ1) is 14.1. The van der Waals surface area contributed by atoms with Gasteiger partial charge in [0.1, 0.15) is 22.9 Å². The van der Waals surface area contributed by atoms with Crippen LogP contribution < -0.4 is 15.6 Å². The van der Waals surface area contributed by atoms with Gasteiger partial charge in [0.05, 0.1) is 0 Å². The first-order chi connectivity index (χ1) is 10.0. The minimum Gasteiger partial charge on any atom is -0.457 e. The lowest BCUT2D eigenvalue weighted by molar-refractivity contribution is -0.445. The van der Waals surface area contributed by atoms with E-state index in [-0.39, 0.29) is 0 Å². The molecule has 0 saturated carbocycles. The third kappa shape index (κ3) is 4.35. The van der Waals surface area contributed by atoms with E-state index in [4.69, 9.17) is 4.74 Å². The van der Waals surface area contributed by atoms with Crippen molar-refractivity contribution >= 4 is 11.4 Å². The molecule has 0 aliphatic carbocycles. The molecule has 0 bridgehead atoms. The molecule has 0 fully saturated rings. The molecule has 0 unspecified atom stereocenters. The van der Waals surface area contributed by atoms with Gasteiger partial charge in [-0.25, -0.2) is 20.2 Å². The number of hydrogen-bond donors (Lipinski definition) is 2. The van der Waals surface area contributed by atoms with E-state index in [1.165, 1.54) is 24.3 Å². The molecule has 2 rings (SSSR count). The average Bonchev–Trinajstić information content (AvgIpc) is 2.42. The maximum Gasteiger partial charge on any atom is 0.162 e. The van der Waals surface area contributed by atoms with Crippen molar-refractivity contribution in [3.8, 4) is 11.5 Å². The van der Waals surface area contributed by atoms with Crippen LogP contribution in [-0.4, -0.2) is 10.1 Å². The van der Waals surface area contributed by atoms with E-state index in [9.17, 15) is 20.2 Å². The summed E-state index contributed by atoms with van der Waals surface area (Å²) >= 11 is 0. The summed E-state index contributed by atoms with van der Waals surface area (Å²) in [6.45, 7) is 0. The van der Waals surface area contributed by atoms with Gasteiger partial charge in [0, 0.05) is 0 Å². The molecule has 0 spiro atoms. The molecule has 0 saturated heterocycles. The summed E-state index contributed by atoms with van der Waals surface area (Å²) in [7, 11) is 0. The zero-order valence-electron chi connectivity index (χ0n) is 10.6. The molecule has 2 aromatic carbocycles. The zero-order valence-corrected chi connectivity index (χ0v) is 10.6. The van der Waals surface area contributed by atoms with E-state index in [1.807, 2.05) is 10.9 Å². The number of nitrogens with zero attached hydrogens (tertiary/aromatic N) is 2. The molecule has 0 aliphatic heterocycles. The first-order valence-electron chi connectivity index (χ1n) is 5.73. The minimum atomic E-state index is -0.656. The van der Waals surface area contributed by atoms with Crippen LogP contribution in [0, 0.1) is 20.2 Å². The molecule has 0 atom stereocenters. The lowest BCUT2D eigenvalue weighted by Crippen LogP contribution is -2.07. The SMILES string of the molecule is O=[N+]([O-])Nc1ccc(Oc2ccc(N[N+](=O)[O-])cc2)cc1. The largest absolute Gasteiger partial charge is 0.457 e. The predicted molar refractivity (Wildman–Crippen MR) is 74.2 cm³/mol. The highest BCUT2D eigenvalue weighted by molar-refractivity contribution is 5.47. The fraction of sp³-hybridized carbons (Fsp3) is 0. The maximum absolute atomic E-state index is 10.3. The van der Waals surface area contributed by atoms with Gasteiger partial charge in [0.2, 0.25) is 0 Å². The molecule has 9 nitrogen and oxygen atoms in total. The molecule has 9 heteroatoms. The highest BCUT2D eigenvalue weighted by Gasteiger charge is 2.03. The van der Waals surface area contributed by atoms with Crippen LogP contribution in [0.2, 0.25) is 0 Å². The third-order valence-electron chi connectivity index (χ3n) is 2.39. The number of hydrazine groups is 2. The topological polar surface area (TPSA) is 120 Å². The van der Waals surface area contributed by atoms with Crippen molar-refractivity contribution in [3.63, 3.8) is 0 Å². The fourth-order valence-corrected chi connectivity index (χ4v) is 1.54. The van der Waals surface area contributed by atoms with Gasteiger partial charge in [-0.05, 0) is 48.5 Å². The van der Waals surface area contributed by atoms with Crippen LogP contribution in [0.25, 0.3) is 0 Å². The van der Waals surface area contributed by atoms with Gasteiger partial charge in [-0.3, -0.25) is 0 Å². The second-order valence-corrected chi connectivity index (χ2v) is 3.89. The van der Waals surface area contributed by atoms with Crippen LogP contribution >= 0.6 is 0 Å². The van der Waals surface area contributed by atoms with Crippen molar-refractivity contribution in [1.29, 1.82) is 0 Å². The third-order valence-corrected chi connectivity index (χ3v) is 2.39. The Morgan fingerprint density at radius 2 is 1.05 bits per heavy atom. The van der Waals surface area contributed by atoms with Crippen LogP contribution in [0.3, 0.4) is 0 Å². The molecule has 21 heavy (non-hydrogen) atoms.